The maximum absolute atomic E-state index is 11.3. The number of nitrogens with one attached hydrogen (secondary N) is 2. The minimum Gasteiger partial charge on any atom is -0.480 e. The van der Waals surface area contributed by atoms with Crippen molar-refractivity contribution in [1.29, 1.82) is 0 Å². The van der Waals surface area contributed by atoms with Crippen LogP contribution in [0.4, 0.5) is 0 Å². The average Bonchev–Trinajstić information content (AvgIpc) is 3.09. The first kappa shape index (κ1) is 11.3. The van der Waals surface area contributed by atoms with Crippen molar-refractivity contribution in [3.05, 3.63) is 36.0 Å². The summed E-state index contributed by atoms with van der Waals surface area (Å²) in [5.41, 5.74) is 2.12. The second-order valence-electron chi connectivity index (χ2n) is 4.90. The van der Waals surface area contributed by atoms with E-state index in [9.17, 15) is 9.90 Å². The van der Waals surface area contributed by atoms with Crippen molar-refractivity contribution < 1.29 is 9.90 Å². The van der Waals surface area contributed by atoms with Crippen molar-refractivity contribution in [2.24, 2.45) is 0 Å². The third-order valence-electron chi connectivity index (χ3n) is 3.41. The fourth-order valence-corrected chi connectivity index (χ4v) is 2.27. The van der Waals surface area contributed by atoms with Crippen LogP contribution in [0.2, 0.25) is 0 Å². The van der Waals surface area contributed by atoms with Crippen LogP contribution in [0.15, 0.2) is 30.5 Å². The first-order valence-electron chi connectivity index (χ1n) is 6.28. The summed E-state index contributed by atoms with van der Waals surface area (Å²) >= 11 is 0. The third kappa shape index (κ3) is 2.24. The molecule has 0 amide bonds. The molecule has 18 heavy (non-hydrogen) atoms. The van der Waals surface area contributed by atoms with E-state index in [4.69, 9.17) is 0 Å². The van der Waals surface area contributed by atoms with Gasteiger partial charge in [0.15, 0.2) is 0 Å². The molecule has 0 saturated heterocycles. The predicted octanol–water partition coefficient (Wildman–Crippen LogP) is 1.92. The maximum atomic E-state index is 11.3. The van der Waals surface area contributed by atoms with Gasteiger partial charge in [0.25, 0.3) is 0 Å². The molecule has 0 spiro atoms. The van der Waals surface area contributed by atoms with Crippen molar-refractivity contribution >= 4 is 16.9 Å². The zero-order chi connectivity index (χ0) is 12.5. The van der Waals surface area contributed by atoms with Gasteiger partial charge in [0.2, 0.25) is 0 Å². The summed E-state index contributed by atoms with van der Waals surface area (Å²) in [5, 5.41) is 13.5. The van der Waals surface area contributed by atoms with E-state index in [-0.39, 0.29) is 0 Å². The van der Waals surface area contributed by atoms with Gasteiger partial charge in [0, 0.05) is 29.6 Å². The molecule has 0 aliphatic heterocycles. The Morgan fingerprint density at radius 3 is 2.94 bits per heavy atom. The predicted molar refractivity (Wildman–Crippen MR) is 69.6 cm³/mol. The molecule has 1 saturated carbocycles. The van der Waals surface area contributed by atoms with Crippen LogP contribution in [0.25, 0.3) is 10.9 Å². The Balaban J connectivity index is 1.82. The van der Waals surface area contributed by atoms with Crippen LogP contribution in [0.1, 0.15) is 18.4 Å². The molecule has 1 heterocycles. The molecule has 94 valence electrons. The van der Waals surface area contributed by atoms with Gasteiger partial charge in [-0.15, -0.1) is 0 Å². The standard InChI is InChI=1S/C14H16N2O2/c17-14(18)13(16-10-5-6-10)7-9-8-15-12-4-2-1-3-11(9)12/h1-4,8,10,13,15-16H,5-7H2,(H,17,18). The summed E-state index contributed by atoms with van der Waals surface area (Å²) in [6.07, 6.45) is 4.63. The van der Waals surface area contributed by atoms with Crippen LogP contribution in [0.3, 0.4) is 0 Å². The number of benzene rings is 1. The highest BCUT2D eigenvalue weighted by Crippen LogP contribution is 2.22. The molecular weight excluding hydrogens is 228 g/mol. The highest BCUT2D eigenvalue weighted by molar-refractivity contribution is 5.84. The molecule has 1 aliphatic rings. The molecule has 4 heteroatoms. The number of aliphatic carboxylic acids is 1. The van der Waals surface area contributed by atoms with Crippen LogP contribution >= 0.6 is 0 Å². The number of carbonyl (C=O) groups is 1. The second-order valence-corrected chi connectivity index (χ2v) is 4.90. The van der Waals surface area contributed by atoms with Gasteiger partial charge in [-0.05, 0) is 24.5 Å². The largest absolute Gasteiger partial charge is 0.480 e. The summed E-state index contributed by atoms with van der Waals surface area (Å²) in [6.45, 7) is 0. The SMILES string of the molecule is O=C(O)C(Cc1c[nH]c2ccccc12)NC1CC1. The fourth-order valence-electron chi connectivity index (χ4n) is 2.27. The first-order valence-corrected chi connectivity index (χ1v) is 6.28. The number of carboxylic acids is 1. The first-order chi connectivity index (χ1) is 8.74. The Morgan fingerprint density at radius 2 is 2.22 bits per heavy atom. The van der Waals surface area contributed by atoms with Gasteiger partial charge in [-0.2, -0.15) is 0 Å². The van der Waals surface area contributed by atoms with Gasteiger partial charge < -0.3 is 15.4 Å². The highest BCUT2D eigenvalue weighted by Gasteiger charge is 2.28. The molecule has 0 radical (unpaired) electrons. The van der Waals surface area contributed by atoms with Gasteiger partial charge in [-0.1, -0.05) is 18.2 Å². The summed E-state index contributed by atoms with van der Waals surface area (Å²) in [6, 6.07) is 7.89. The van der Waals surface area contributed by atoms with Crippen LogP contribution < -0.4 is 5.32 Å². The van der Waals surface area contributed by atoms with Gasteiger partial charge in [-0.3, -0.25) is 4.79 Å². The minimum absolute atomic E-state index is 0.399. The minimum atomic E-state index is -0.771. The number of hydrogen-bond acceptors (Lipinski definition) is 2. The monoisotopic (exact) mass is 244 g/mol. The lowest BCUT2D eigenvalue weighted by Gasteiger charge is -2.13. The Kier molecular flexibility index (Phi) is 2.80. The van der Waals surface area contributed by atoms with Gasteiger partial charge in [0.1, 0.15) is 6.04 Å². The fraction of sp³-hybridized carbons (Fsp3) is 0.357. The lowest BCUT2D eigenvalue weighted by Crippen LogP contribution is -2.39. The molecule has 3 rings (SSSR count). The van der Waals surface area contributed by atoms with Crippen molar-refractivity contribution in [3.8, 4) is 0 Å². The van der Waals surface area contributed by atoms with Gasteiger partial charge in [-0.25, -0.2) is 0 Å². The molecule has 4 nitrogen and oxygen atoms in total. The Hall–Kier alpha value is -1.81. The Bertz CT molecular complexity index is 572. The summed E-state index contributed by atoms with van der Waals surface area (Å²) in [7, 11) is 0. The number of H-pyrrole nitrogens is 1. The van der Waals surface area contributed by atoms with Gasteiger partial charge in [0.05, 0.1) is 0 Å². The Morgan fingerprint density at radius 1 is 1.44 bits per heavy atom. The lowest BCUT2D eigenvalue weighted by atomic mass is 10.1. The number of hydrogen-bond donors (Lipinski definition) is 3. The van der Waals surface area contributed by atoms with Crippen LogP contribution in [-0.2, 0) is 11.2 Å². The zero-order valence-electron chi connectivity index (χ0n) is 10.0. The smallest absolute Gasteiger partial charge is 0.321 e. The number of aromatic amines is 1. The number of rotatable bonds is 5. The van der Waals surface area contributed by atoms with E-state index in [1.54, 1.807) is 0 Å². The normalized spacial score (nSPS) is 16.9. The Labute approximate surface area is 105 Å². The maximum Gasteiger partial charge on any atom is 0.321 e. The van der Waals surface area contributed by atoms with E-state index in [1.807, 2.05) is 30.5 Å². The molecule has 1 aliphatic carbocycles. The molecular formula is C14H16N2O2. The summed E-state index contributed by atoms with van der Waals surface area (Å²) in [5.74, 6) is -0.771. The average molecular weight is 244 g/mol. The summed E-state index contributed by atoms with van der Waals surface area (Å²) in [4.78, 5) is 14.4. The van der Waals surface area contributed by atoms with Crippen LogP contribution in [-0.4, -0.2) is 28.1 Å². The van der Waals surface area contributed by atoms with E-state index >= 15 is 0 Å². The second kappa shape index (κ2) is 4.46. The van der Waals surface area contributed by atoms with E-state index in [0.29, 0.717) is 12.5 Å². The quantitative estimate of drug-likeness (QED) is 0.752. The zero-order valence-corrected chi connectivity index (χ0v) is 10.0. The lowest BCUT2D eigenvalue weighted by molar-refractivity contribution is -0.139. The van der Waals surface area contributed by atoms with Crippen molar-refractivity contribution in [2.75, 3.05) is 0 Å². The number of aromatic nitrogens is 1. The van der Waals surface area contributed by atoms with Crippen molar-refractivity contribution in [2.45, 2.75) is 31.3 Å². The molecule has 1 atom stereocenters. The van der Waals surface area contributed by atoms with Crippen LogP contribution in [0.5, 0.6) is 0 Å². The third-order valence-corrected chi connectivity index (χ3v) is 3.41. The molecule has 1 unspecified atom stereocenters. The molecule has 1 aromatic carbocycles. The molecule has 3 N–H and O–H groups in total. The van der Waals surface area contributed by atoms with Crippen molar-refractivity contribution in [3.63, 3.8) is 0 Å². The van der Waals surface area contributed by atoms with E-state index in [0.717, 1.165) is 29.3 Å². The van der Waals surface area contributed by atoms with Gasteiger partial charge >= 0.3 is 5.97 Å². The number of carboxylic acid groups (broad SMARTS) is 1. The number of fused-ring (bicyclic) bond motifs is 1. The van der Waals surface area contributed by atoms with E-state index < -0.39 is 12.0 Å². The molecule has 1 aromatic heterocycles. The topological polar surface area (TPSA) is 65.1 Å². The molecule has 0 bridgehead atoms. The van der Waals surface area contributed by atoms with E-state index in [1.165, 1.54) is 0 Å². The molecule has 2 aromatic rings. The molecule has 1 fully saturated rings. The highest BCUT2D eigenvalue weighted by atomic mass is 16.4. The van der Waals surface area contributed by atoms with Crippen LogP contribution in [0, 0.1) is 0 Å². The summed E-state index contributed by atoms with van der Waals surface area (Å²) < 4.78 is 0. The number of para-hydroxylation sites is 1. The van der Waals surface area contributed by atoms with Crippen molar-refractivity contribution in [1.82, 2.24) is 10.3 Å². The van der Waals surface area contributed by atoms with E-state index in [2.05, 4.69) is 10.3 Å².